The van der Waals surface area contributed by atoms with Gasteiger partial charge in [0.25, 0.3) is 5.91 Å². The summed E-state index contributed by atoms with van der Waals surface area (Å²) in [5.74, 6) is -1.57. The molecule has 0 bridgehead atoms. The second-order valence-corrected chi connectivity index (χ2v) is 5.06. The molecule has 0 aliphatic carbocycles. The number of hydrogen-bond donors (Lipinski definition) is 1. The fraction of sp³-hybridized carbons (Fsp3) is 0.143. The molecule has 1 aromatic carbocycles. The normalized spacial score (nSPS) is 10.3. The first kappa shape index (κ1) is 14.6. The predicted molar refractivity (Wildman–Crippen MR) is 74.3 cm³/mol. The summed E-state index contributed by atoms with van der Waals surface area (Å²) in [6, 6.07) is 6.60. The van der Waals surface area contributed by atoms with Gasteiger partial charge in [-0.3, -0.25) is 4.79 Å². The number of halogens is 3. The summed E-state index contributed by atoms with van der Waals surface area (Å²) in [5.41, 5.74) is 0.783. The number of pyridine rings is 1. The molecule has 0 spiro atoms. The second-order valence-electron chi connectivity index (χ2n) is 4.15. The molecule has 0 saturated carbocycles. The first-order valence-electron chi connectivity index (χ1n) is 5.89. The maximum atomic E-state index is 13.0. The van der Waals surface area contributed by atoms with Crippen molar-refractivity contribution in [1.29, 1.82) is 0 Å². The molecule has 1 heterocycles. The molecule has 0 aliphatic heterocycles. The highest BCUT2D eigenvalue weighted by Gasteiger charge is 2.06. The van der Waals surface area contributed by atoms with E-state index < -0.39 is 11.6 Å². The average molecular weight is 341 g/mol. The van der Waals surface area contributed by atoms with Crippen LogP contribution in [0.25, 0.3) is 0 Å². The second kappa shape index (κ2) is 6.56. The van der Waals surface area contributed by atoms with Crippen molar-refractivity contribution in [2.45, 2.75) is 6.42 Å². The molecule has 6 heteroatoms. The quantitative estimate of drug-likeness (QED) is 0.929. The summed E-state index contributed by atoms with van der Waals surface area (Å²) < 4.78 is 26.7. The van der Waals surface area contributed by atoms with Gasteiger partial charge in [0, 0.05) is 23.3 Å². The number of carbonyl (C=O) groups excluding carboxylic acids is 1. The van der Waals surface area contributed by atoms with Gasteiger partial charge in [0.1, 0.15) is 17.3 Å². The van der Waals surface area contributed by atoms with Crippen LogP contribution in [0.5, 0.6) is 0 Å². The van der Waals surface area contributed by atoms with E-state index in [4.69, 9.17) is 0 Å². The Bertz CT molecular complexity index is 597. The zero-order valence-corrected chi connectivity index (χ0v) is 12.0. The number of carbonyl (C=O) groups is 1. The third kappa shape index (κ3) is 4.09. The molecular formula is C14H11BrF2N2O. The fourth-order valence-electron chi connectivity index (χ4n) is 1.68. The minimum absolute atomic E-state index is 0.277. The average Bonchev–Trinajstić information content (AvgIpc) is 2.38. The maximum Gasteiger partial charge on any atom is 0.269 e. The number of hydrogen-bond acceptors (Lipinski definition) is 2. The van der Waals surface area contributed by atoms with Gasteiger partial charge in [0.2, 0.25) is 0 Å². The van der Waals surface area contributed by atoms with E-state index in [0.717, 1.165) is 10.5 Å². The summed E-state index contributed by atoms with van der Waals surface area (Å²) in [7, 11) is 0. The molecule has 0 atom stereocenters. The van der Waals surface area contributed by atoms with E-state index in [1.54, 1.807) is 12.1 Å². The van der Waals surface area contributed by atoms with Crippen LogP contribution in [0.4, 0.5) is 8.78 Å². The van der Waals surface area contributed by atoms with Crippen molar-refractivity contribution in [2.75, 3.05) is 6.54 Å². The summed E-state index contributed by atoms with van der Waals surface area (Å²) in [6.07, 6.45) is 1.87. The van der Waals surface area contributed by atoms with Crippen LogP contribution >= 0.6 is 15.9 Å². The Morgan fingerprint density at radius 3 is 2.50 bits per heavy atom. The van der Waals surface area contributed by atoms with Gasteiger partial charge < -0.3 is 5.32 Å². The Labute approximate surface area is 123 Å². The molecule has 0 radical (unpaired) electrons. The minimum Gasteiger partial charge on any atom is -0.350 e. The Kier molecular flexibility index (Phi) is 4.79. The van der Waals surface area contributed by atoms with Gasteiger partial charge in [-0.25, -0.2) is 13.8 Å². The van der Waals surface area contributed by atoms with Crippen molar-refractivity contribution in [3.8, 4) is 0 Å². The van der Waals surface area contributed by atoms with Crippen LogP contribution in [0, 0.1) is 11.6 Å². The number of nitrogens with one attached hydrogen (secondary N) is 1. The van der Waals surface area contributed by atoms with Crippen LogP contribution in [-0.4, -0.2) is 17.4 Å². The van der Waals surface area contributed by atoms with Crippen LogP contribution in [0.1, 0.15) is 16.1 Å². The first-order chi connectivity index (χ1) is 9.54. The van der Waals surface area contributed by atoms with Crippen molar-refractivity contribution in [2.24, 2.45) is 0 Å². The lowest BCUT2D eigenvalue weighted by Gasteiger charge is -2.05. The van der Waals surface area contributed by atoms with Crippen molar-refractivity contribution in [3.05, 3.63) is 63.9 Å². The lowest BCUT2D eigenvalue weighted by atomic mass is 10.1. The standard InChI is InChI=1S/C14H11BrF2N2O/c15-10-1-2-13(19-8-10)14(20)18-4-3-9-5-11(16)7-12(17)6-9/h1-2,5-8H,3-4H2,(H,18,20). The fourth-order valence-corrected chi connectivity index (χ4v) is 1.91. The molecule has 1 amide bonds. The predicted octanol–water partition coefficient (Wildman–Crippen LogP) is 3.09. The van der Waals surface area contributed by atoms with E-state index in [1.165, 1.54) is 18.3 Å². The highest BCUT2D eigenvalue weighted by molar-refractivity contribution is 9.10. The Balaban J connectivity index is 1.89. The van der Waals surface area contributed by atoms with Crippen molar-refractivity contribution in [3.63, 3.8) is 0 Å². The minimum atomic E-state index is -0.624. The summed E-state index contributed by atoms with van der Waals surface area (Å²) in [6.45, 7) is 0.277. The number of benzene rings is 1. The van der Waals surface area contributed by atoms with E-state index >= 15 is 0 Å². The van der Waals surface area contributed by atoms with Gasteiger partial charge in [-0.05, 0) is 52.2 Å². The molecule has 2 aromatic rings. The summed E-state index contributed by atoms with van der Waals surface area (Å²) >= 11 is 3.23. The molecule has 0 fully saturated rings. The molecule has 3 nitrogen and oxygen atoms in total. The number of rotatable bonds is 4. The molecule has 20 heavy (non-hydrogen) atoms. The van der Waals surface area contributed by atoms with Gasteiger partial charge in [0.05, 0.1) is 0 Å². The van der Waals surface area contributed by atoms with Crippen molar-refractivity contribution < 1.29 is 13.6 Å². The molecule has 2 rings (SSSR count). The Morgan fingerprint density at radius 1 is 1.20 bits per heavy atom. The third-order valence-electron chi connectivity index (χ3n) is 2.58. The number of nitrogens with zero attached hydrogens (tertiary/aromatic N) is 1. The molecule has 1 aromatic heterocycles. The van der Waals surface area contributed by atoms with E-state index in [-0.39, 0.29) is 12.5 Å². The van der Waals surface area contributed by atoms with E-state index in [0.29, 0.717) is 17.7 Å². The largest absolute Gasteiger partial charge is 0.350 e. The van der Waals surface area contributed by atoms with E-state index in [1.807, 2.05) is 0 Å². The molecule has 1 N–H and O–H groups in total. The monoisotopic (exact) mass is 340 g/mol. The van der Waals surface area contributed by atoms with Gasteiger partial charge in [-0.1, -0.05) is 0 Å². The van der Waals surface area contributed by atoms with Gasteiger partial charge in [-0.2, -0.15) is 0 Å². The number of aromatic nitrogens is 1. The molecule has 0 unspecified atom stereocenters. The van der Waals surface area contributed by atoms with Crippen LogP contribution in [0.2, 0.25) is 0 Å². The molecule has 104 valence electrons. The Morgan fingerprint density at radius 2 is 1.90 bits per heavy atom. The molecular weight excluding hydrogens is 330 g/mol. The van der Waals surface area contributed by atoms with Gasteiger partial charge >= 0.3 is 0 Å². The summed E-state index contributed by atoms with van der Waals surface area (Å²) in [5, 5.41) is 2.64. The number of amides is 1. The van der Waals surface area contributed by atoms with E-state index in [2.05, 4.69) is 26.2 Å². The van der Waals surface area contributed by atoms with Gasteiger partial charge in [0.15, 0.2) is 0 Å². The highest BCUT2D eigenvalue weighted by Crippen LogP contribution is 2.09. The Hall–Kier alpha value is -1.82. The highest BCUT2D eigenvalue weighted by atomic mass is 79.9. The zero-order chi connectivity index (χ0) is 14.5. The third-order valence-corrected chi connectivity index (χ3v) is 3.05. The van der Waals surface area contributed by atoms with E-state index in [9.17, 15) is 13.6 Å². The van der Waals surface area contributed by atoms with Crippen LogP contribution in [0.3, 0.4) is 0 Å². The lowest BCUT2D eigenvalue weighted by Crippen LogP contribution is -2.26. The molecule has 0 saturated heterocycles. The lowest BCUT2D eigenvalue weighted by molar-refractivity contribution is 0.0949. The van der Waals surface area contributed by atoms with Gasteiger partial charge in [-0.15, -0.1) is 0 Å². The smallest absolute Gasteiger partial charge is 0.269 e. The first-order valence-corrected chi connectivity index (χ1v) is 6.68. The van der Waals surface area contributed by atoms with Crippen LogP contribution in [-0.2, 0) is 6.42 Å². The zero-order valence-electron chi connectivity index (χ0n) is 10.4. The van der Waals surface area contributed by atoms with Crippen LogP contribution in [0.15, 0.2) is 41.0 Å². The SMILES string of the molecule is O=C(NCCc1cc(F)cc(F)c1)c1ccc(Br)cn1. The topological polar surface area (TPSA) is 42.0 Å². The van der Waals surface area contributed by atoms with Crippen molar-refractivity contribution in [1.82, 2.24) is 10.3 Å². The summed E-state index contributed by atoms with van der Waals surface area (Å²) in [4.78, 5) is 15.7. The van der Waals surface area contributed by atoms with Crippen molar-refractivity contribution >= 4 is 21.8 Å². The molecule has 0 aliphatic rings. The van der Waals surface area contributed by atoms with Crippen LogP contribution < -0.4 is 5.32 Å². The maximum absolute atomic E-state index is 13.0.